The molecule has 0 bridgehead atoms. The number of fused-ring (bicyclic) bond motifs is 1. The van der Waals surface area contributed by atoms with Crippen LogP contribution in [-0.4, -0.2) is 45.8 Å². The molecule has 0 spiro atoms. The van der Waals surface area contributed by atoms with E-state index in [-0.39, 0.29) is 30.2 Å². The molecular weight excluding hydrogens is 280 g/mol. The third kappa shape index (κ3) is 2.56. The molecule has 1 atom stereocenters. The minimum absolute atomic E-state index is 0.0155. The first kappa shape index (κ1) is 14.6. The van der Waals surface area contributed by atoms with E-state index in [4.69, 9.17) is 0 Å². The lowest BCUT2D eigenvalue weighted by Gasteiger charge is -2.37. The highest BCUT2D eigenvalue weighted by Crippen LogP contribution is 2.20. The van der Waals surface area contributed by atoms with Crippen LogP contribution in [0.3, 0.4) is 0 Å². The molecule has 1 aliphatic heterocycles. The predicted molar refractivity (Wildman–Crippen MR) is 83.1 cm³/mol. The number of hydrogen-bond donors (Lipinski definition) is 2. The third-order valence-corrected chi connectivity index (χ3v) is 4.09. The first-order valence-corrected chi connectivity index (χ1v) is 7.56. The van der Waals surface area contributed by atoms with Crippen molar-refractivity contribution < 1.29 is 9.59 Å². The summed E-state index contributed by atoms with van der Waals surface area (Å²) in [5, 5.41) is 3.79. The number of H-pyrrole nitrogens is 1. The van der Waals surface area contributed by atoms with E-state index < -0.39 is 0 Å². The maximum absolute atomic E-state index is 12.7. The maximum Gasteiger partial charge on any atom is 0.243 e. The molecule has 6 heteroatoms. The van der Waals surface area contributed by atoms with Crippen LogP contribution in [0.5, 0.6) is 0 Å². The van der Waals surface area contributed by atoms with Crippen molar-refractivity contribution in [2.75, 3.05) is 13.1 Å². The van der Waals surface area contributed by atoms with Crippen molar-refractivity contribution in [3.8, 4) is 0 Å². The number of piperazine rings is 1. The molecule has 22 heavy (non-hydrogen) atoms. The highest BCUT2D eigenvalue weighted by Gasteiger charge is 2.35. The number of pyridine rings is 1. The number of nitrogens with zero attached hydrogens (tertiary/aromatic N) is 2. The van der Waals surface area contributed by atoms with Crippen molar-refractivity contribution in [3.05, 3.63) is 30.1 Å². The summed E-state index contributed by atoms with van der Waals surface area (Å²) in [4.78, 5) is 33.7. The van der Waals surface area contributed by atoms with E-state index in [0.29, 0.717) is 13.1 Å². The van der Waals surface area contributed by atoms with Crippen LogP contribution in [0.2, 0.25) is 0 Å². The summed E-state index contributed by atoms with van der Waals surface area (Å²) >= 11 is 0. The van der Waals surface area contributed by atoms with Gasteiger partial charge in [0.2, 0.25) is 11.8 Å². The Bertz CT molecular complexity index is 707. The number of aromatic amines is 1. The first-order chi connectivity index (χ1) is 10.6. The van der Waals surface area contributed by atoms with Crippen LogP contribution in [0.1, 0.15) is 19.4 Å². The maximum atomic E-state index is 12.7. The Kier molecular flexibility index (Phi) is 3.83. The molecular formula is C16H20N4O2. The van der Waals surface area contributed by atoms with Gasteiger partial charge in [0, 0.05) is 30.9 Å². The molecule has 1 unspecified atom stereocenters. The number of carbonyl (C=O) groups excluding carboxylic acids is 2. The Hall–Kier alpha value is -2.37. The Labute approximate surface area is 128 Å². The molecule has 2 aromatic heterocycles. The molecule has 0 saturated carbocycles. The lowest BCUT2D eigenvalue weighted by atomic mass is 9.98. The zero-order chi connectivity index (χ0) is 15.7. The Morgan fingerprint density at radius 1 is 1.50 bits per heavy atom. The van der Waals surface area contributed by atoms with Crippen LogP contribution in [0.25, 0.3) is 11.0 Å². The standard InChI is InChI=1S/C16H20N4O2/c1-10(2)14-16(22)18-6-7-20(14)13(21)8-11-9-19-15-12(11)4-3-5-17-15/h3-5,9-10,14H,6-8H2,1-2H3,(H,17,19)(H,18,22). The van der Waals surface area contributed by atoms with E-state index in [1.165, 1.54) is 0 Å². The minimum Gasteiger partial charge on any atom is -0.353 e. The lowest BCUT2D eigenvalue weighted by Crippen LogP contribution is -2.59. The van der Waals surface area contributed by atoms with Gasteiger partial charge in [-0.1, -0.05) is 13.8 Å². The normalized spacial score (nSPS) is 18.8. The molecule has 1 fully saturated rings. The molecule has 0 radical (unpaired) electrons. The molecule has 1 saturated heterocycles. The van der Waals surface area contributed by atoms with Crippen molar-refractivity contribution >= 4 is 22.8 Å². The van der Waals surface area contributed by atoms with Gasteiger partial charge in [-0.25, -0.2) is 4.98 Å². The van der Waals surface area contributed by atoms with Crippen LogP contribution in [0.15, 0.2) is 24.5 Å². The fraction of sp³-hybridized carbons (Fsp3) is 0.438. The Balaban J connectivity index is 1.82. The van der Waals surface area contributed by atoms with E-state index in [1.807, 2.05) is 32.2 Å². The second-order valence-electron chi connectivity index (χ2n) is 5.96. The summed E-state index contributed by atoms with van der Waals surface area (Å²) in [6.45, 7) is 5.01. The SMILES string of the molecule is CC(C)C1C(=O)NCCN1C(=O)Cc1c[nH]c2ncccc12. The van der Waals surface area contributed by atoms with E-state index in [1.54, 1.807) is 11.1 Å². The molecule has 2 N–H and O–H groups in total. The largest absolute Gasteiger partial charge is 0.353 e. The summed E-state index contributed by atoms with van der Waals surface area (Å²) in [6, 6.07) is 3.42. The monoisotopic (exact) mass is 300 g/mol. The predicted octanol–water partition coefficient (Wildman–Crippen LogP) is 1.09. The van der Waals surface area contributed by atoms with E-state index in [2.05, 4.69) is 15.3 Å². The number of rotatable bonds is 3. The fourth-order valence-corrected chi connectivity index (χ4v) is 3.05. The van der Waals surface area contributed by atoms with E-state index in [9.17, 15) is 9.59 Å². The third-order valence-electron chi connectivity index (χ3n) is 4.09. The zero-order valence-electron chi connectivity index (χ0n) is 12.8. The van der Waals surface area contributed by atoms with Gasteiger partial charge in [-0.05, 0) is 23.6 Å². The van der Waals surface area contributed by atoms with Crippen LogP contribution in [0.4, 0.5) is 0 Å². The fourth-order valence-electron chi connectivity index (χ4n) is 3.05. The molecule has 1 aliphatic rings. The summed E-state index contributed by atoms with van der Waals surface area (Å²) in [7, 11) is 0. The summed E-state index contributed by atoms with van der Waals surface area (Å²) in [6.07, 6.45) is 3.82. The number of hydrogen-bond acceptors (Lipinski definition) is 3. The van der Waals surface area contributed by atoms with Crippen molar-refractivity contribution in [2.45, 2.75) is 26.3 Å². The first-order valence-electron chi connectivity index (χ1n) is 7.56. The van der Waals surface area contributed by atoms with Crippen molar-refractivity contribution in [1.82, 2.24) is 20.2 Å². The van der Waals surface area contributed by atoms with Gasteiger partial charge >= 0.3 is 0 Å². The van der Waals surface area contributed by atoms with Crippen LogP contribution < -0.4 is 5.32 Å². The molecule has 3 heterocycles. The quantitative estimate of drug-likeness (QED) is 0.890. The Morgan fingerprint density at radius 3 is 3.09 bits per heavy atom. The van der Waals surface area contributed by atoms with E-state index >= 15 is 0 Å². The van der Waals surface area contributed by atoms with Gasteiger partial charge in [0.05, 0.1) is 6.42 Å². The van der Waals surface area contributed by atoms with Gasteiger partial charge in [-0.15, -0.1) is 0 Å². The highest BCUT2D eigenvalue weighted by molar-refractivity contribution is 5.92. The average Bonchev–Trinajstić information content (AvgIpc) is 2.90. The molecule has 0 aromatic carbocycles. The second kappa shape index (κ2) is 5.79. The van der Waals surface area contributed by atoms with Gasteiger partial charge in [0.15, 0.2) is 0 Å². The van der Waals surface area contributed by atoms with Crippen LogP contribution in [0, 0.1) is 5.92 Å². The highest BCUT2D eigenvalue weighted by atomic mass is 16.2. The average molecular weight is 300 g/mol. The molecule has 6 nitrogen and oxygen atoms in total. The summed E-state index contributed by atoms with van der Waals surface area (Å²) < 4.78 is 0. The van der Waals surface area contributed by atoms with Crippen molar-refractivity contribution in [2.24, 2.45) is 5.92 Å². The van der Waals surface area contributed by atoms with Crippen molar-refractivity contribution in [3.63, 3.8) is 0 Å². The van der Waals surface area contributed by atoms with Gasteiger partial charge < -0.3 is 15.2 Å². The summed E-state index contributed by atoms with van der Waals surface area (Å²) in [5.41, 5.74) is 1.70. The second-order valence-corrected chi connectivity index (χ2v) is 5.96. The molecule has 0 aliphatic carbocycles. The topological polar surface area (TPSA) is 78.1 Å². The molecule has 2 aromatic rings. The number of aromatic nitrogens is 2. The van der Waals surface area contributed by atoms with Crippen LogP contribution in [-0.2, 0) is 16.0 Å². The van der Waals surface area contributed by atoms with E-state index in [0.717, 1.165) is 16.6 Å². The number of carbonyl (C=O) groups is 2. The minimum atomic E-state index is -0.385. The lowest BCUT2D eigenvalue weighted by molar-refractivity contribution is -0.144. The molecule has 3 rings (SSSR count). The number of nitrogens with one attached hydrogen (secondary N) is 2. The van der Waals surface area contributed by atoms with Crippen LogP contribution >= 0.6 is 0 Å². The smallest absolute Gasteiger partial charge is 0.243 e. The number of amides is 2. The van der Waals surface area contributed by atoms with Gasteiger partial charge in [-0.2, -0.15) is 0 Å². The van der Waals surface area contributed by atoms with Gasteiger partial charge in [-0.3, -0.25) is 9.59 Å². The molecule has 116 valence electrons. The zero-order valence-corrected chi connectivity index (χ0v) is 12.8. The molecule has 2 amide bonds. The van der Waals surface area contributed by atoms with Gasteiger partial charge in [0.25, 0.3) is 0 Å². The summed E-state index contributed by atoms with van der Waals surface area (Å²) in [5.74, 6) is 0.0161. The van der Waals surface area contributed by atoms with Gasteiger partial charge in [0.1, 0.15) is 11.7 Å². The van der Waals surface area contributed by atoms with Crippen molar-refractivity contribution in [1.29, 1.82) is 0 Å². The Morgan fingerprint density at radius 2 is 2.32 bits per heavy atom.